The molecule has 0 aliphatic carbocycles. The molecule has 2 amide bonds. The molecule has 30 heavy (non-hydrogen) atoms. The van der Waals surface area contributed by atoms with E-state index in [2.05, 4.69) is 10.4 Å². The Balaban J connectivity index is 1.73. The van der Waals surface area contributed by atoms with Gasteiger partial charge in [0.2, 0.25) is 5.91 Å². The second-order valence-electron chi connectivity index (χ2n) is 8.86. The van der Waals surface area contributed by atoms with Gasteiger partial charge in [-0.2, -0.15) is 5.26 Å². The molecule has 3 aliphatic rings. The number of amides is 2. The lowest BCUT2D eigenvalue weighted by Gasteiger charge is -2.44. The number of carboxylic acids is 1. The maximum Gasteiger partial charge on any atom is 0.411 e. The van der Waals surface area contributed by atoms with Crippen LogP contribution in [0.4, 0.5) is 4.79 Å². The van der Waals surface area contributed by atoms with Crippen molar-refractivity contribution in [3.63, 3.8) is 0 Å². The highest BCUT2D eigenvalue weighted by atomic mass is 32.2. The Labute approximate surface area is 181 Å². The number of carbonyl (C=O) groups is 3. The molecule has 2 atom stereocenters. The van der Waals surface area contributed by atoms with E-state index < -0.39 is 29.7 Å². The van der Waals surface area contributed by atoms with Crippen LogP contribution in [0.3, 0.4) is 0 Å². The van der Waals surface area contributed by atoms with Crippen molar-refractivity contribution in [1.82, 2.24) is 18.4 Å². The number of hydrogen-bond donors (Lipinski definition) is 1. The zero-order valence-corrected chi connectivity index (χ0v) is 18.4. The Bertz CT molecular complexity index is 730. The van der Waals surface area contributed by atoms with Gasteiger partial charge in [-0.3, -0.25) is 9.69 Å². The summed E-state index contributed by atoms with van der Waals surface area (Å²) in [5.74, 6) is -1.34. The van der Waals surface area contributed by atoms with Crippen molar-refractivity contribution >= 4 is 30.1 Å². The minimum atomic E-state index is -1.02. The van der Waals surface area contributed by atoms with Gasteiger partial charge in [-0.15, -0.1) is 0 Å². The number of nitriles is 1. The van der Waals surface area contributed by atoms with Crippen LogP contribution in [0.2, 0.25) is 0 Å². The summed E-state index contributed by atoms with van der Waals surface area (Å²) in [6.45, 7) is 8.14. The highest BCUT2D eigenvalue weighted by Gasteiger charge is 2.44. The molecule has 0 spiro atoms. The standard InChI is InChI=1S/C19H29N5O5S/c1-19(2,3)29-18(28)24-8-7-21(30-22-10-13(9-20)11-22)12-15(24)16(25)23-6-4-5-14(23)17(26)27/h13-15H,4-8,10-12H2,1-3H3,(H,26,27)/t14-,15+/m1/s1. The molecule has 0 aromatic carbocycles. The van der Waals surface area contributed by atoms with E-state index in [9.17, 15) is 19.5 Å². The lowest BCUT2D eigenvalue weighted by molar-refractivity contribution is -0.151. The van der Waals surface area contributed by atoms with Gasteiger partial charge < -0.3 is 14.7 Å². The highest BCUT2D eigenvalue weighted by Crippen LogP contribution is 2.30. The molecular formula is C19H29N5O5S. The van der Waals surface area contributed by atoms with Crippen molar-refractivity contribution in [2.24, 2.45) is 5.92 Å². The third kappa shape index (κ3) is 5.17. The molecule has 0 saturated carbocycles. The highest BCUT2D eigenvalue weighted by molar-refractivity contribution is 7.94. The van der Waals surface area contributed by atoms with E-state index in [1.54, 1.807) is 20.8 Å². The lowest BCUT2D eigenvalue weighted by atomic mass is 10.1. The van der Waals surface area contributed by atoms with Gasteiger partial charge >= 0.3 is 12.1 Å². The Morgan fingerprint density at radius 1 is 1.03 bits per heavy atom. The molecular weight excluding hydrogens is 410 g/mol. The fraction of sp³-hybridized carbons (Fsp3) is 0.789. The third-order valence-electron chi connectivity index (χ3n) is 5.34. The van der Waals surface area contributed by atoms with E-state index in [1.807, 2.05) is 4.31 Å². The first-order valence-corrected chi connectivity index (χ1v) is 10.9. The average Bonchev–Trinajstić information content (AvgIpc) is 3.12. The molecule has 1 N–H and O–H groups in total. The van der Waals surface area contributed by atoms with Crippen LogP contribution in [0.5, 0.6) is 0 Å². The van der Waals surface area contributed by atoms with Crippen molar-refractivity contribution in [1.29, 1.82) is 5.26 Å². The van der Waals surface area contributed by atoms with Gasteiger partial charge in [0.05, 0.1) is 12.0 Å². The van der Waals surface area contributed by atoms with Crippen LogP contribution in [0.25, 0.3) is 0 Å². The fourth-order valence-corrected chi connectivity index (χ4v) is 5.00. The van der Waals surface area contributed by atoms with Crippen molar-refractivity contribution in [2.75, 3.05) is 39.3 Å². The quantitative estimate of drug-likeness (QED) is 0.640. The summed E-state index contributed by atoms with van der Waals surface area (Å²) in [7, 11) is 0. The molecule has 3 saturated heterocycles. The van der Waals surface area contributed by atoms with Crippen molar-refractivity contribution in [2.45, 2.75) is 51.3 Å². The molecule has 0 bridgehead atoms. The Morgan fingerprint density at radius 3 is 2.33 bits per heavy atom. The number of aliphatic carboxylic acids is 1. The first-order chi connectivity index (χ1) is 14.1. The number of carboxylic acid groups (broad SMARTS) is 1. The number of carbonyl (C=O) groups excluding carboxylic acids is 2. The summed E-state index contributed by atoms with van der Waals surface area (Å²) in [6, 6.07) is 0.568. The van der Waals surface area contributed by atoms with Crippen LogP contribution in [-0.2, 0) is 14.3 Å². The molecule has 3 rings (SSSR count). The van der Waals surface area contributed by atoms with E-state index in [4.69, 9.17) is 10.00 Å². The van der Waals surface area contributed by atoms with Crippen LogP contribution < -0.4 is 0 Å². The molecule has 0 radical (unpaired) electrons. The lowest BCUT2D eigenvalue weighted by Crippen LogP contribution is -2.62. The molecule has 0 aromatic heterocycles. The number of piperazine rings is 1. The second kappa shape index (κ2) is 8.99. The van der Waals surface area contributed by atoms with Gasteiger partial charge in [0, 0.05) is 51.4 Å². The van der Waals surface area contributed by atoms with Gasteiger partial charge in [-0.1, -0.05) is 0 Å². The smallest absolute Gasteiger partial charge is 0.411 e. The van der Waals surface area contributed by atoms with E-state index in [-0.39, 0.29) is 18.4 Å². The van der Waals surface area contributed by atoms with Crippen LogP contribution in [-0.4, -0.2) is 98.4 Å². The number of nitrogens with zero attached hydrogens (tertiary/aromatic N) is 5. The molecule has 3 heterocycles. The zero-order chi connectivity index (χ0) is 22.1. The van der Waals surface area contributed by atoms with Crippen molar-refractivity contribution < 1.29 is 24.2 Å². The third-order valence-corrected chi connectivity index (χ3v) is 6.43. The maximum atomic E-state index is 13.3. The monoisotopic (exact) mass is 439 g/mol. The Hall–Kier alpha value is -2.03. The SMILES string of the molecule is CC(C)(C)OC(=O)N1CCN(SN2CC(C#N)C2)C[C@H]1C(=O)N1CCC[C@@H]1C(=O)O. The summed E-state index contributed by atoms with van der Waals surface area (Å²) in [5.41, 5.74) is -0.697. The average molecular weight is 440 g/mol. The summed E-state index contributed by atoms with van der Waals surface area (Å²) < 4.78 is 9.55. The maximum absolute atomic E-state index is 13.3. The predicted octanol–water partition coefficient (Wildman–Crippen LogP) is 1.00. The number of hydrogen-bond acceptors (Lipinski definition) is 8. The van der Waals surface area contributed by atoms with Gasteiger partial charge in [0.25, 0.3) is 0 Å². The van der Waals surface area contributed by atoms with E-state index in [1.165, 1.54) is 21.9 Å². The number of likely N-dealkylation sites (tertiary alicyclic amines) is 1. The van der Waals surface area contributed by atoms with Gasteiger partial charge in [-0.25, -0.2) is 18.2 Å². The minimum Gasteiger partial charge on any atom is -0.480 e. The van der Waals surface area contributed by atoms with Crippen LogP contribution in [0.1, 0.15) is 33.6 Å². The normalized spacial score (nSPS) is 26.2. The minimum absolute atomic E-state index is 0.0268. The number of ether oxygens (including phenoxy) is 1. The van der Waals surface area contributed by atoms with E-state index in [0.29, 0.717) is 45.6 Å². The molecule has 166 valence electrons. The second-order valence-corrected chi connectivity index (χ2v) is 10.1. The van der Waals surface area contributed by atoms with E-state index >= 15 is 0 Å². The first-order valence-electron chi connectivity index (χ1n) is 10.2. The van der Waals surface area contributed by atoms with Crippen LogP contribution >= 0.6 is 12.1 Å². The Kier molecular flexibility index (Phi) is 6.79. The van der Waals surface area contributed by atoms with Crippen LogP contribution in [0.15, 0.2) is 0 Å². The van der Waals surface area contributed by atoms with Gasteiger partial charge in [0.1, 0.15) is 17.7 Å². The fourth-order valence-electron chi connectivity index (χ4n) is 3.81. The van der Waals surface area contributed by atoms with Gasteiger partial charge in [0.15, 0.2) is 0 Å². The van der Waals surface area contributed by atoms with Gasteiger partial charge in [-0.05, 0) is 33.6 Å². The topological polar surface area (TPSA) is 117 Å². The zero-order valence-electron chi connectivity index (χ0n) is 17.6. The molecule has 0 aromatic rings. The summed E-state index contributed by atoms with van der Waals surface area (Å²) in [4.78, 5) is 40.5. The summed E-state index contributed by atoms with van der Waals surface area (Å²) in [6.07, 6.45) is 0.483. The molecule has 0 unspecified atom stereocenters. The van der Waals surface area contributed by atoms with Crippen molar-refractivity contribution in [3.05, 3.63) is 0 Å². The molecule has 10 nitrogen and oxygen atoms in total. The molecule has 3 fully saturated rings. The summed E-state index contributed by atoms with van der Waals surface area (Å²) in [5, 5.41) is 18.4. The summed E-state index contributed by atoms with van der Waals surface area (Å²) >= 11 is 1.47. The molecule has 11 heteroatoms. The molecule has 3 aliphatic heterocycles. The predicted molar refractivity (Wildman–Crippen MR) is 109 cm³/mol. The van der Waals surface area contributed by atoms with Crippen LogP contribution in [0, 0.1) is 17.2 Å². The van der Waals surface area contributed by atoms with E-state index in [0.717, 1.165) is 0 Å². The first kappa shape index (κ1) is 22.7. The largest absolute Gasteiger partial charge is 0.480 e. The number of rotatable bonds is 4. The Morgan fingerprint density at radius 2 is 1.73 bits per heavy atom. The van der Waals surface area contributed by atoms with Crippen molar-refractivity contribution in [3.8, 4) is 6.07 Å².